The molecule has 8 heteroatoms. The van der Waals surface area contributed by atoms with E-state index in [1.165, 1.54) is 5.56 Å². The molecule has 1 N–H and O–H groups in total. The Morgan fingerprint density at radius 3 is 2.69 bits per heavy atom. The standard InChI is InChI=1S/C24H28N4O4/c1-16-6-9-19(10-7-16)25-24(29)18-5-4-12-28(14-18)15-22-26-23(27-32-22)17-8-11-20(30-2)21(13-17)31-3/h6-11,13,18H,4-5,12,14-15H2,1-3H3,(H,25,29)/t18-/m0/s1. The van der Waals surface area contributed by atoms with Crippen LogP contribution in [0.1, 0.15) is 24.3 Å². The Morgan fingerprint density at radius 2 is 1.94 bits per heavy atom. The molecule has 1 aromatic heterocycles. The maximum Gasteiger partial charge on any atom is 0.241 e. The van der Waals surface area contributed by atoms with Crippen LogP contribution >= 0.6 is 0 Å². The number of nitrogens with one attached hydrogen (secondary N) is 1. The van der Waals surface area contributed by atoms with Crippen LogP contribution in [-0.4, -0.2) is 48.3 Å². The summed E-state index contributed by atoms with van der Waals surface area (Å²) in [6, 6.07) is 13.3. The van der Waals surface area contributed by atoms with Gasteiger partial charge in [0.05, 0.1) is 26.7 Å². The van der Waals surface area contributed by atoms with Gasteiger partial charge in [-0.25, -0.2) is 0 Å². The third-order valence-corrected chi connectivity index (χ3v) is 5.66. The molecule has 1 amide bonds. The number of aryl methyl sites for hydroxylation is 1. The van der Waals surface area contributed by atoms with Crippen molar-refractivity contribution in [2.45, 2.75) is 26.3 Å². The number of hydrogen-bond acceptors (Lipinski definition) is 7. The Kier molecular flexibility index (Phi) is 6.70. The van der Waals surface area contributed by atoms with Crippen LogP contribution in [0.2, 0.25) is 0 Å². The third kappa shape index (κ3) is 5.08. The molecule has 0 unspecified atom stereocenters. The van der Waals surface area contributed by atoms with Crippen LogP contribution in [0.3, 0.4) is 0 Å². The van der Waals surface area contributed by atoms with Crippen molar-refractivity contribution in [3.63, 3.8) is 0 Å². The van der Waals surface area contributed by atoms with E-state index in [1.54, 1.807) is 14.2 Å². The summed E-state index contributed by atoms with van der Waals surface area (Å²) in [5.41, 5.74) is 2.78. The van der Waals surface area contributed by atoms with E-state index < -0.39 is 0 Å². The first-order chi connectivity index (χ1) is 15.6. The van der Waals surface area contributed by atoms with Gasteiger partial charge in [-0.3, -0.25) is 9.69 Å². The zero-order valence-corrected chi connectivity index (χ0v) is 18.6. The van der Waals surface area contributed by atoms with Crippen LogP contribution in [0.5, 0.6) is 11.5 Å². The zero-order valence-electron chi connectivity index (χ0n) is 18.6. The molecule has 0 aliphatic carbocycles. The van der Waals surface area contributed by atoms with E-state index in [1.807, 2.05) is 49.4 Å². The number of carbonyl (C=O) groups excluding carboxylic acids is 1. The van der Waals surface area contributed by atoms with Gasteiger partial charge < -0.3 is 19.3 Å². The number of nitrogens with zero attached hydrogens (tertiary/aromatic N) is 3. The summed E-state index contributed by atoms with van der Waals surface area (Å²) in [7, 11) is 3.18. The molecule has 3 aromatic rings. The normalized spacial score (nSPS) is 16.5. The van der Waals surface area contributed by atoms with Gasteiger partial charge in [0.25, 0.3) is 0 Å². The molecule has 0 spiro atoms. The van der Waals surface area contributed by atoms with E-state index >= 15 is 0 Å². The summed E-state index contributed by atoms with van der Waals surface area (Å²) in [6.07, 6.45) is 1.82. The first-order valence-corrected chi connectivity index (χ1v) is 10.7. The summed E-state index contributed by atoms with van der Waals surface area (Å²) in [5.74, 6) is 2.24. The van der Waals surface area contributed by atoms with Gasteiger partial charge in [0.2, 0.25) is 17.6 Å². The highest BCUT2D eigenvalue weighted by Crippen LogP contribution is 2.31. The van der Waals surface area contributed by atoms with Crippen LogP contribution in [-0.2, 0) is 11.3 Å². The van der Waals surface area contributed by atoms with E-state index in [0.717, 1.165) is 30.6 Å². The molecule has 4 rings (SSSR count). The van der Waals surface area contributed by atoms with Gasteiger partial charge in [-0.15, -0.1) is 0 Å². The molecular weight excluding hydrogens is 408 g/mol. The number of amides is 1. The lowest BCUT2D eigenvalue weighted by atomic mass is 9.97. The van der Waals surface area contributed by atoms with Crippen molar-refractivity contribution >= 4 is 11.6 Å². The summed E-state index contributed by atoms with van der Waals surface area (Å²) >= 11 is 0. The number of ether oxygens (including phenoxy) is 2. The van der Waals surface area contributed by atoms with Gasteiger partial charge >= 0.3 is 0 Å². The lowest BCUT2D eigenvalue weighted by Crippen LogP contribution is -2.40. The van der Waals surface area contributed by atoms with Crippen molar-refractivity contribution < 1.29 is 18.8 Å². The van der Waals surface area contributed by atoms with Gasteiger partial charge in [0, 0.05) is 17.8 Å². The van der Waals surface area contributed by atoms with E-state index in [0.29, 0.717) is 36.3 Å². The highest BCUT2D eigenvalue weighted by molar-refractivity contribution is 5.92. The molecule has 8 nitrogen and oxygen atoms in total. The van der Waals surface area contributed by atoms with E-state index in [9.17, 15) is 4.79 Å². The Labute approximate surface area is 187 Å². The number of likely N-dealkylation sites (tertiary alicyclic amines) is 1. The number of carbonyl (C=O) groups is 1. The first kappa shape index (κ1) is 21.8. The van der Waals surface area contributed by atoms with Crippen LogP contribution in [0.15, 0.2) is 47.0 Å². The van der Waals surface area contributed by atoms with Crippen LogP contribution in [0.4, 0.5) is 5.69 Å². The number of benzene rings is 2. The topological polar surface area (TPSA) is 89.7 Å². The van der Waals surface area contributed by atoms with Crippen molar-refractivity contribution in [1.29, 1.82) is 0 Å². The summed E-state index contributed by atoms with van der Waals surface area (Å²) in [6.45, 7) is 4.08. The molecule has 32 heavy (non-hydrogen) atoms. The molecule has 0 radical (unpaired) electrons. The molecule has 1 atom stereocenters. The number of hydrogen-bond donors (Lipinski definition) is 1. The second kappa shape index (κ2) is 9.82. The van der Waals surface area contributed by atoms with Crippen molar-refractivity contribution in [3.05, 3.63) is 53.9 Å². The number of aromatic nitrogens is 2. The van der Waals surface area contributed by atoms with E-state index in [-0.39, 0.29) is 11.8 Å². The van der Waals surface area contributed by atoms with Gasteiger partial charge in [0.15, 0.2) is 11.5 Å². The summed E-state index contributed by atoms with van der Waals surface area (Å²) in [4.78, 5) is 19.5. The molecule has 1 saturated heterocycles. The second-order valence-corrected chi connectivity index (χ2v) is 8.01. The SMILES string of the molecule is COc1ccc(-c2noc(CN3CCC[C@H](C(=O)Nc4ccc(C)cc4)C3)n2)cc1OC. The molecule has 168 valence electrons. The van der Waals surface area contributed by atoms with E-state index in [4.69, 9.17) is 14.0 Å². The van der Waals surface area contributed by atoms with Crippen LogP contribution in [0, 0.1) is 12.8 Å². The number of rotatable bonds is 7. The summed E-state index contributed by atoms with van der Waals surface area (Å²) < 4.78 is 16.1. The molecule has 0 bridgehead atoms. The van der Waals surface area contributed by atoms with Crippen LogP contribution < -0.4 is 14.8 Å². The molecule has 2 aromatic carbocycles. The van der Waals surface area contributed by atoms with Gasteiger partial charge in [0.1, 0.15) is 0 Å². The highest BCUT2D eigenvalue weighted by Gasteiger charge is 2.27. The lowest BCUT2D eigenvalue weighted by molar-refractivity contribution is -0.121. The Bertz CT molecular complexity index is 1060. The average Bonchev–Trinajstić information content (AvgIpc) is 3.28. The molecule has 1 fully saturated rings. The Balaban J connectivity index is 1.38. The lowest BCUT2D eigenvalue weighted by Gasteiger charge is -2.30. The maximum atomic E-state index is 12.7. The maximum absolute atomic E-state index is 12.7. The molecule has 0 saturated carbocycles. The number of methoxy groups -OCH3 is 2. The fraction of sp³-hybridized carbons (Fsp3) is 0.375. The molecule has 1 aliphatic heterocycles. The third-order valence-electron chi connectivity index (χ3n) is 5.66. The minimum absolute atomic E-state index is 0.0510. The van der Waals surface area contributed by atoms with Crippen molar-refractivity contribution in [3.8, 4) is 22.9 Å². The minimum atomic E-state index is -0.0710. The summed E-state index contributed by atoms with van der Waals surface area (Å²) in [5, 5.41) is 7.14. The highest BCUT2D eigenvalue weighted by atomic mass is 16.5. The van der Waals surface area contributed by atoms with Gasteiger partial charge in [-0.1, -0.05) is 22.9 Å². The fourth-order valence-electron chi connectivity index (χ4n) is 3.90. The Morgan fingerprint density at radius 1 is 1.16 bits per heavy atom. The average molecular weight is 437 g/mol. The number of anilines is 1. The van der Waals surface area contributed by atoms with Crippen LogP contribution in [0.25, 0.3) is 11.4 Å². The fourth-order valence-corrected chi connectivity index (χ4v) is 3.90. The van der Waals surface area contributed by atoms with Crippen molar-refractivity contribution in [2.75, 3.05) is 32.6 Å². The Hall–Kier alpha value is -3.39. The zero-order chi connectivity index (χ0) is 22.5. The molecular formula is C24H28N4O4. The predicted molar refractivity (Wildman–Crippen MR) is 121 cm³/mol. The number of piperidine rings is 1. The molecule has 2 heterocycles. The quantitative estimate of drug-likeness (QED) is 0.600. The smallest absolute Gasteiger partial charge is 0.241 e. The van der Waals surface area contributed by atoms with E-state index in [2.05, 4.69) is 20.4 Å². The van der Waals surface area contributed by atoms with Gasteiger partial charge in [-0.05, 0) is 56.6 Å². The minimum Gasteiger partial charge on any atom is -0.493 e. The van der Waals surface area contributed by atoms with Gasteiger partial charge in [-0.2, -0.15) is 4.98 Å². The predicted octanol–water partition coefficient (Wildman–Crippen LogP) is 3.91. The van der Waals surface area contributed by atoms with Crippen molar-refractivity contribution in [2.24, 2.45) is 5.92 Å². The second-order valence-electron chi connectivity index (χ2n) is 8.01. The largest absolute Gasteiger partial charge is 0.493 e. The molecule has 1 aliphatic rings. The first-order valence-electron chi connectivity index (χ1n) is 10.7. The van der Waals surface area contributed by atoms with Crippen molar-refractivity contribution in [1.82, 2.24) is 15.0 Å². The monoisotopic (exact) mass is 436 g/mol.